The van der Waals surface area contributed by atoms with E-state index in [9.17, 15) is 4.79 Å². The fraction of sp³-hybridized carbons (Fsp3) is 0.167. The van der Waals surface area contributed by atoms with E-state index >= 15 is 0 Å². The summed E-state index contributed by atoms with van der Waals surface area (Å²) in [7, 11) is 0. The van der Waals surface area contributed by atoms with Crippen LogP contribution in [0.15, 0.2) is 76.5 Å². The normalized spacial score (nSPS) is 16.0. The Bertz CT molecular complexity index is 651. The number of benzene rings is 2. The van der Waals surface area contributed by atoms with Gasteiger partial charge in [0.1, 0.15) is 0 Å². The maximum absolute atomic E-state index is 12.2. The minimum atomic E-state index is 0.101. The maximum Gasteiger partial charge on any atom is 0.248 e. The zero-order chi connectivity index (χ0) is 14.7. The lowest BCUT2D eigenvalue weighted by atomic mass is 10.1. The molecule has 3 rings (SSSR count). The molecule has 2 aromatic rings. The molecule has 106 valence electrons. The summed E-state index contributed by atoms with van der Waals surface area (Å²) in [6.07, 6.45) is 1.76. The molecule has 0 fully saturated rings. The van der Waals surface area contributed by atoms with E-state index in [1.54, 1.807) is 17.8 Å². The third kappa shape index (κ3) is 3.19. The van der Waals surface area contributed by atoms with Gasteiger partial charge in [0.25, 0.3) is 0 Å². The average Bonchev–Trinajstić information content (AvgIpc) is 2.89. The van der Waals surface area contributed by atoms with Crippen molar-refractivity contribution in [2.24, 2.45) is 0 Å². The summed E-state index contributed by atoms with van der Waals surface area (Å²) >= 11 is 1.67. The van der Waals surface area contributed by atoms with Crippen LogP contribution in [0, 0.1) is 0 Å². The second-order valence-corrected chi connectivity index (χ2v) is 6.28. The van der Waals surface area contributed by atoms with Gasteiger partial charge in [-0.2, -0.15) is 0 Å². The van der Waals surface area contributed by atoms with Crippen LogP contribution in [0.4, 0.5) is 0 Å². The van der Waals surface area contributed by atoms with Crippen molar-refractivity contribution < 1.29 is 4.79 Å². The lowest BCUT2D eigenvalue weighted by Crippen LogP contribution is -2.28. The van der Waals surface area contributed by atoms with E-state index in [0.717, 1.165) is 4.91 Å². The summed E-state index contributed by atoms with van der Waals surface area (Å²) in [6, 6.07) is 20.4. The molecule has 0 N–H and O–H groups in total. The lowest BCUT2D eigenvalue weighted by Gasteiger charge is -2.25. The Labute approximate surface area is 129 Å². The summed E-state index contributed by atoms with van der Waals surface area (Å²) in [4.78, 5) is 16.4. The van der Waals surface area contributed by atoms with Crippen LogP contribution >= 0.6 is 11.8 Å². The summed E-state index contributed by atoms with van der Waals surface area (Å²) < 4.78 is 0. The van der Waals surface area contributed by atoms with Crippen molar-refractivity contribution >= 4 is 17.7 Å². The first-order chi connectivity index (χ1) is 10.2. The van der Waals surface area contributed by atoms with Crippen LogP contribution in [-0.4, -0.2) is 17.4 Å². The molecule has 0 aliphatic carbocycles. The van der Waals surface area contributed by atoms with Crippen LogP contribution in [0.3, 0.4) is 0 Å². The Hall–Kier alpha value is -2.00. The van der Waals surface area contributed by atoms with Gasteiger partial charge in [0.15, 0.2) is 0 Å². The number of rotatable bonds is 4. The van der Waals surface area contributed by atoms with Gasteiger partial charge in [-0.25, -0.2) is 0 Å². The van der Waals surface area contributed by atoms with Crippen LogP contribution in [0.5, 0.6) is 0 Å². The Morgan fingerprint density at radius 1 is 1.00 bits per heavy atom. The average molecular weight is 295 g/mol. The molecule has 1 aliphatic heterocycles. The molecule has 1 amide bonds. The van der Waals surface area contributed by atoms with Crippen molar-refractivity contribution in [1.29, 1.82) is 0 Å². The number of hydrogen-bond donors (Lipinski definition) is 0. The lowest BCUT2D eigenvalue weighted by molar-refractivity contribution is -0.126. The van der Waals surface area contributed by atoms with Gasteiger partial charge in [-0.15, -0.1) is 0 Å². The van der Waals surface area contributed by atoms with Crippen molar-refractivity contribution in [2.75, 3.05) is 6.54 Å². The van der Waals surface area contributed by atoms with E-state index in [2.05, 4.69) is 31.2 Å². The Morgan fingerprint density at radius 2 is 1.62 bits per heavy atom. The van der Waals surface area contributed by atoms with E-state index in [4.69, 9.17) is 0 Å². The number of amides is 1. The Morgan fingerprint density at radius 3 is 2.29 bits per heavy atom. The van der Waals surface area contributed by atoms with Gasteiger partial charge < -0.3 is 4.90 Å². The van der Waals surface area contributed by atoms with Gasteiger partial charge >= 0.3 is 0 Å². The molecule has 0 spiro atoms. The standard InChI is InChI=1S/C18H17NOS/c1-14(15-8-4-2-5-9-15)19-13-17(12-18(19)20)21-16-10-6-3-7-11-16/h2-12,14H,13H2,1H3/t14-/m0/s1. The Kier molecular flexibility index (Phi) is 4.11. The minimum Gasteiger partial charge on any atom is -0.328 e. The highest BCUT2D eigenvalue weighted by Gasteiger charge is 2.27. The van der Waals surface area contributed by atoms with Crippen LogP contribution in [0.1, 0.15) is 18.5 Å². The summed E-state index contributed by atoms with van der Waals surface area (Å²) in [5.74, 6) is 0.102. The van der Waals surface area contributed by atoms with Gasteiger partial charge in [-0.3, -0.25) is 4.79 Å². The van der Waals surface area contributed by atoms with Crippen molar-refractivity contribution in [3.05, 3.63) is 77.2 Å². The third-order valence-corrected chi connectivity index (χ3v) is 4.65. The van der Waals surface area contributed by atoms with Crippen LogP contribution in [0.25, 0.3) is 0 Å². The molecule has 2 aromatic carbocycles. The molecular formula is C18H17NOS. The largest absolute Gasteiger partial charge is 0.328 e. The van der Waals surface area contributed by atoms with Crippen molar-refractivity contribution in [3.8, 4) is 0 Å². The second kappa shape index (κ2) is 6.19. The third-order valence-electron chi connectivity index (χ3n) is 3.64. The number of thioether (sulfide) groups is 1. The van der Waals surface area contributed by atoms with Gasteiger partial charge in [0.2, 0.25) is 5.91 Å². The molecular weight excluding hydrogens is 278 g/mol. The molecule has 0 saturated heterocycles. The topological polar surface area (TPSA) is 20.3 Å². The molecule has 0 radical (unpaired) electrons. The molecule has 1 atom stereocenters. The highest BCUT2D eigenvalue weighted by Crippen LogP contribution is 2.33. The fourth-order valence-corrected chi connectivity index (χ4v) is 3.41. The van der Waals surface area contributed by atoms with Crippen molar-refractivity contribution in [3.63, 3.8) is 0 Å². The maximum atomic E-state index is 12.2. The predicted octanol–water partition coefficient (Wildman–Crippen LogP) is 4.27. The molecule has 2 nitrogen and oxygen atoms in total. The minimum absolute atomic E-state index is 0.101. The van der Waals surface area contributed by atoms with E-state index in [1.165, 1.54) is 10.5 Å². The second-order valence-electron chi connectivity index (χ2n) is 5.08. The van der Waals surface area contributed by atoms with Gasteiger partial charge in [0, 0.05) is 15.9 Å². The van der Waals surface area contributed by atoms with Gasteiger partial charge in [0.05, 0.1) is 12.6 Å². The quantitative estimate of drug-likeness (QED) is 0.839. The molecule has 21 heavy (non-hydrogen) atoms. The summed E-state index contributed by atoms with van der Waals surface area (Å²) in [5.41, 5.74) is 1.17. The molecule has 0 unspecified atom stereocenters. The number of carbonyl (C=O) groups excluding carboxylic acids is 1. The van der Waals surface area contributed by atoms with Gasteiger partial charge in [-0.05, 0) is 24.6 Å². The number of carbonyl (C=O) groups is 1. The first kappa shape index (κ1) is 14.0. The molecule has 0 aromatic heterocycles. The van der Waals surface area contributed by atoms with Gasteiger partial charge in [-0.1, -0.05) is 60.3 Å². The van der Waals surface area contributed by atoms with Crippen molar-refractivity contribution in [1.82, 2.24) is 4.90 Å². The molecule has 3 heteroatoms. The summed E-state index contributed by atoms with van der Waals surface area (Å²) in [5, 5.41) is 0. The van der Waals surface area contributed by atoms with E-state index in [0.29, 0.717) is 6.54 Å². The molecule has 0 saturated carbocycles. The monoisotopic (exact) mass is 295 g/mol. The highest BCUT2D eigenvalue weighted by molar-refractivity contribution is 8.03. The first-order valence-electron chi connectivity index (χ1n) is 7.03. The summed E-state index contributed by atoms with van der Waals surface area (Å²) in [6.45, 7) is 2.77. The van der Waals surface area contributed by atoms with Crippen LogP contribution in [0.2, 0.25) is 0 Å². The first-order valence-corrected chi connectivity index (χ1v) is 7.85. The van der Waals surface area contributed by atoms with E-state index in [-0.39, 0.29) is 11.9 Å². The fourth-order valence-electron chi connectivity index (χ4n) is 2.45. The molecule has 0 bridgehead atoms. The predicted molar refractivity (Wildman–Crippen MR) is 87.0 cm³/mol. The van der Waals surface area contributed by atoms with Crippen molar-refractivity contribution in [2.45, 2.75) is 17.9 Å². The number of hydrogen-bond acceptors (Lipinski definition) is 2. The zero-order valence-corrected chi connectivity index (χ0v) is 12.7. The van der Waals surface area contributed by atoms with E-state index in [1.807, 2.05) is 41.3 Å². The molecule has 1 heterocycles. The Balaban J connectivity index is 1.70. The van der Waals surface area contributed by atoms with Crippen LogP contribution in [-0.2, 0) is 4.79 Å². The molecule has 1 aliphatic rings. The zero-order valence-electron chi connectivity index (χ0n) is 11.9. The SMILES string of the molecule is C[C@@H](c1ccccc1)N1CC(Sc2ccccc2)=CC1=O. The highest BCUT2D eigenvalue weighted by atomic mass is 32.2. The van der Waals surface area contributed by atoms with Crippen LogP contribution < -0.4 is 0 Å². The van der Waals surface area contributed by atoms with E-state index < -0.39 is 0 Å². The number of nitrogens with zero attached hydrogens (tertiary/aromatic N) is 1. The smallest absolute Gasteiger partial charge is 0.248 e.